The van der Waals surface area contributed by atoms with Gasteiger partial charge in [0.1, 0.15) is 5.75 Å². The first-order valence-corrected chi connectivity index (χ1v) is 7.28. The molecule has 0 amide bonds. The van der Waals surface area contributed by atoms with E-state index in [1.807, 2.05) is 17.4 Å². The van der Waals surface area contributed by atoms with Crippen molar-refractivity contribution in [2.45, 2.75) is 16.9 Å². The minimum atomic E-state index is 0.361. The van der Waals surface area contributed by atoms with Crippen molar-refractivity contribution in [3.05, 3.63) is 53.6 Å². The molecule has 0 saturated heterocycles. The van der Waals surface area contributed by atoms with E-state index in [-0.39, 0.29) is 0 Å². The molecule has 4 rings (SSSR count). The molecule has 94 valence electrons. The number of benzene rings is 2. The van der Waals surface area contributed by atoms with Crippen LogP contribution in [0.2, 0.25) is 0 Å². The van der Waals surface area contributed by atoms with Crippen LogP contribution < -0.4 is 10.1 Å². The summed E-state index contributed by atoms with van der Waals surface area (Å²) in [4.78, 5) is 1.36. The third kappa shape index (κ3) is 1.58. The molecule has 0 spiro atoms. The van der Waals surface area contributed by atoms with Gasteiger partial charge in [0, 0.05) is 17.3 Å². The van der Waals surface area contributed by atoms with E-state index in [0.29, 0.717) is 12.0 Å². The first-order valence-electron chi connectivity index (χ1n) is 6.40. The highest BCUT2D eigenvalue weighted by Crippen LogP contribution is 2.46. The normalized spacial score (nSPS) is 22.2. The van der Waals surface area contributed by atoms with Crippen LogP contribution in [0.5, 0.6) is 5.75 Å². The molecule has 2 aromatic carbocycles. The van der Waals surface area contributed by atoms with Crippen LogP contribution in [0, 0.1) is 0 Å². The smallest absolute Gasteiger partial charge is 0.235 e. The predicted molar refractivity (Wildman–Crippen MR) is 80.2 cm³/mol. The fraction of sp³-hybridized carbons (Fsp3) is 0.188. The molecule has 2 heterocycles. The molecule has 0 aliphatic carbocycles. The summed E-state index contributed by atoms with van der Waals surface area (Å²) in [5.41, 5.74) is 3.96. The monoisotopic (exact) mass is 268 g/mol. The molecule has 0 bridgehead atoms. The van der Waals surface area contributed by atoms with Gasteiger partial charge in [0.2, 0.25) is 16.2 Å². The second kappa shape index (κ2) is 4.07. The fourth-order valence-electron chi connectivity index (χ4n) is 2.93. The van der Waals surface area contributed by atoms with Crippen molar-refractivity contribution in [1.82, 2.24) is 0 Å². The van der Waals surface area contributed by atoms with E-state index in [1.165, 1.54) is 21.7 Å². The Bertz CT molecular complexity index is 680. The van der Waals surface area contributed by atoms with Gasteiger partial charge in [-0.3, -0.25) is 0 Å². The fourth-order valence-corrected chi connectivity index (χ4v) is 4.01. The Hall–Kier alpha value is -1.87. The average Bonchev–Trinajstić information content (AvgIpc) is 2.85. The number of anilines is 1. The number of hydrogen-bond donors (Lipinski definition) is 1. The SMILES string of the molecule is COc1ccc2c(c1)C1C=[S+]c3ccccc3C1N2. The molecule has 0 radical (unpaired) electrons. The quantitative estimate of drug-likeness (QED) is 0.633. The summed E-state index contributed by atoms with van der Waals surface area (Å²) in [6.45, 7) is 0. The average molecular weight is 268 g/mol. The molecule has 2 aliphatic rings. The van der Waals surface area contributed by atoms with E-state index in [0.717, 1.165) is 5.75 Å². The lowest BCUT2D eigenvalue weighted by Gasteiger charge is -2.17. The van der Waals surface area contributed by atoms with Crippen molar-refractivity contribution in [1.29, 1.82) is 0 Å². The highest BCUT2D eigenvalue weighted by molar-refractivity contribution is 7.77. The highest BCUT2D eigenvalue weighted by Gasteiger charge is 2.40. The number of methoxy groups -OCH3 is 1. The van der Waals surface area contributed by atoms with Gasteiger partial charge in [-0.05, 0) is 23.8 Å². The van der Waals surface area contributed by atoms with Crippen LogP contribution in [0.15, 0.2) is 47.4 Å². The molecule has 2 aliphatic heterocycles. The molecule has 3 heteroatoms. The molecule has 1 N–H and O–H groups in total. The summed E-state index contributed by atoms with van der Waals surface area (Å²) in [5.74, 6) is 1.35. The molecule has 2 nitrogen and oxygen atoms in total. The van der Waals surface area contributed by atoms with Gasteiger partial charge in [-0.15, -0.1) is 0 Å². The number of fused-ring (bicyclic) bond motifs is 5. The maximum absolute atomic E-state index is 5.34. The summed E-state index contributed by atoms with van der Waals surface area (Å²) < 4.78 is 5.34. The van der Waals surface area contributed by atoms with Crippen LogP contribution in [0.4, 0.5) is 5.69 Å². The van der Waals surface area contributed by atoms with Crippen molar-refractivity contribution in [3.63, 3.8) is 0 Å². The minimum absolute atomic E-state index is 0.361. The summed E-state index contributed by atoms with van der Waals surface area (Å²) >= 11 is 1.84. The molecule has 0 fully saturated rings. The van der Waals surface area contributed by atoms with Crippen LogP contribution in [-0.4, -0.2) is 12.5 Å². The van der Waals surface area contributed by atoms with Gasteiger partial charge in [0.15, 0.2) is 5.37 Å². The van der Waals surface area contributed by atoms with Crippen LogP contribution in [0.1, 0.15) is 23.1 Å². The number of ether oxygens (including phenoxy) is 1. The van der Waals surface area contributed by atoms with Crippen molar-refractivity contribution in [2.24, 2.45) is 0 Å². The molecular weight excluding hydrogens is 254 g/mol. The van der Waals surface area contributed by atoms with Gasteiger partial charge in [0.25, 0.3) is 0 Å². The summed E-state index contributed by atoms with van der Waals surface area (Å²) in [6.07, 6.45) is 0. The van der Waals surface area contributed by atoms with E-state index < -0.39 is 0 Å². The number of nitrogens with one attached hydrogen (secondary N) is 1. The van der Waals surface area contributed by atoms with Crippen molar-refractivity contribution < 1.29 is 4.74 Å². The molecule has 2 unspecified atom stereocenters. The van der Waals surface area contributed by atoms with E-state index in [1.54, 1.807) is 7.11 Å². The Morgan fingerprint density at radius 2 is 2.00 bits per heavy atom. The standard InChI is InChI=1S/C16H14NOS/c1-18-10-6-7-14-12(8-10)13-9-19-15-5-3-2-4-11(15)16(13)17-14/h2-9,13,16-17H,1H3/q+1. The second-order valence-corrected chi connectivity index (χ2v) is 5.84. The highest BCUT2D eigenvalue weighted by atomic mass is 32.1. The summed E-state index contributed by atoms with van der Waals surface area (Å²) in [7, 11) is 1.72. The second-order valence-electron chi connectivity index (χ2n) is 4.89. The molecule has 0 aromatic heterocycles. The van der Waals surface area contributed by atoms with Crippen LogP contribution in [0.3, 0.4) is 0 Å². The van der Waals surface area contributed by atoms with Gasteiger partial charge < -0.3 is 10.1 Å². The van der Waals surface area contributed by atoms with Crippen LogP contribution >= 0.6 is 0 Å². The molecule has 2 aromatic rings. The minimum Gasteiger partial charge on any atom is -0.497 e. The van der Waals surface area contributed by atoms with Crippen molar-refractivity contribution >= 4 is 22.4 Å². The predicted octanol–water partition coefficient (Wildman–Crippen LogP) is 3.20. The third-order valence-electron chi connectivity index (χ3n) is 3.88. The van der Waals surface area contributed by atoms with Gasteiger partial charge in [0.05, 0.1) is 19.1 Å². The molecular formula is C16H14NOS+. The lowest BCUT2D eigenvalue weighted by atomic mass is 9.92. The third-order valence-corrected chi connectivity index (χ3v) is 4.94. The van der Waals surface area contributed by atoms with Gasteiger partial charge in [-0.2, -0.15) is 0 Å². The zero-order valence-corrected chi connectivity index (χ0v) is 11.4. The van der Waals surface area contributed by atoms with E-state index in [4.69, 9.17) is 4.74 Å². The molecule has 19 heavy (non-hydrogen) atoms. The maximum Gasteiger partial charge on any atom is 0.235 e. The summed E-state index contributed by atoms with van der Waals surface area (Å²) in [6, 6.07) is 15.3. The van der Waals surface area contributed by atoms with Gasteiger partial charge in [-0.25, -0.2) is 0 Å². The number of hydrogen-bond acceptors (Lipinski definition) is 2. The molecule has 2 atom stereocenters. The Balaban J connectivity index is 1.84. The first-order chi connectivity index (χ1) is 9.36. The van der Waals surface area contributed by atoms with Crippen molar-refractivity contribution in [3.8, 4) is 5.75 Å². The topological polar surface area (TPSA) is 21.3 Å². The van der Waals surface area contributed by atoms with Crippen molar-refractivity contribution in [2.75, 3.05) is 12.4 Å². The lowest BCUT2D eigenvalue weighted by molar-refractivity contribution is 0.414. The zero-order valence-electron chi connectivity index (χ0n) is 10.6. The Labute approximate surface area is 116 Å². The maximum atomic E-state index is 5.34. The first kappa shape index (κ1) is 11.0. The summed E-state index contributed by atoms with van der Waals surface area (Å²) in [5, 5.41) is 5.98. The van der Waals surface area contributed by atoms with Gasteiger partial charge >= 0.3 is 0 Å². The van der Waals surface area contributed by atoms with E-state index in [2.05, 4.69) is 47.1 Å². The van der Waals surface area contributed by atoms with E-state index >= 15 is 0 Å². The van der Waals surface area contributed by atoms with Gasteiger partial charge in [-0.1, -0.05) is 18.2 Å². The lowest BCUT2D eigenvalue weighted by Crippen LogP contribution is -2.17. The number of rotatable bonds is 1. The largest absolute Gasteiger partial charge is 0.497 e. The zero-order chi connectivity index (χ0) is 12.8. The molecule has 0 saturated carbocycles. The Morgan fingerprint density at radius 1 is 1.11 bits per heavy atom. The van der Waals surface area contributed by atoms with Crippen LogP contribution in [-0.2, 0) is 11.4 Å². The van der Waals surface area contributed by atoms with E-state index in [9.17, 15) is 0 Å². The van der Waals surface area contributed by atoms with Crippen LogP contribution in [0.25, 0.3) is 0 Å². The Morgan fingerprint density at radius 3 is 2.89 bits per heavy atom. The Kier molecular flexibility index (Phi) is 2.35.